The van der Waals surface area contributed by atoms with E-state index in [0.717, 1.165) is 23.9 Å². The van der Waals surface area contributed by atoms with Gasteiger partial charge in [-0.15, -0.1) is 0 Å². The van der Waals surface area contributed by atoms with E-state index in [0.29, 0.717) is 6.42 Å². The van der Waals surface area contributed by atoms with Crippen molar-refractivity contribution in [2.75, 3.05) is 10.6 Å². The fourth-order valence-corrected chi connectivity index (χ4v) is 1.61. The van der Waals surface area contributed by atoms with Crippen molar-refractivity contribution in [1.29, 1.82) is 0 Å². The number of anilines is 1. The topological polar surface area (TPSA) is 29.1 Å². The molecule has 1 rings (SSSR count). The van der Waals surface area contributed by atoms with Crippen molar-refractivity contribution in [2.24, 2.45) is 0 Å². The highest BCUT2D eigenvalue weighted by Gasteiger charge is 2.14. The van der Waals surface area contributed by atoms with Gasteiger partial charge in [-0.3, -0.25) is 4.79 Å². The second-order valence-corrected chi connectivity index (χ2v) is 4.21. The van der Waals surface area contributed by atoms with E-state index in [2.05, 4.69) is 21.2 Å². The minimum atomic E-state index is -1.58. The lowest BCUT2D eigenvalue weighted by Gasteiger charge is -2.06. The highest BCUT2D eigenvalue weighted by atomic mass is 79.9. The molecule has 0 aliphatic rings. The Balaban J connectivity index is 2.63. The van der Waals surface area contributed by atoms with Crippen LogP contribution in [0.5, 0.6) is 0 Å². The second kappa shape index (κ2) is 6.64. The summed E-state index contributed by atoms with van der Waals surface area (Å²) < 4.78 is 38.6. The number of carbonyl (C=O) groups excluding carboxylic acids is 1. The normalized spacial score (nSPS) is 10.4. The Morgan fingerprint density at radius 1 is 1.18 bits per heavy atom. The van der Waals surface area contributed by atoms with Crippen LogP contribution in [0.2, 0.25) is 0 Å². The molecule has 6 heteroatoms. The molecule has 0 saturated carbocycles. The van der Waals surface area contributed by atoms with Gasteiger partial charge in [0.15, 0.2) is 17.5 Å². The molecule has 0 aromatic heterocycles. The summed E-state index contributed by atoms with van der Waals surface area (Å²) in [7, 11) is 0. The lowest BCUT2D eigenvalue weighted by atomic mass is 10.2. The van der Waals surface area contributed by atoms with E-state index < -0.39 is 23.4 Å². The van der Waals surface area contributed by atoms with Crippen LogP contribution in [0.4, 0.5) is 18.9 Å². The Labute approximate surface area is 105 Å². The summed E-state index contributed by atoms with van der Waals surface area (Å²) >= 11 is 3.21. The van der Waals surface area contributed by atoms with Crippen molar-refractivity contribution >= 4 is 27.5 Å². The first-order valence-electron chi connectivity index (χ1n) is 5.05. The third kappa shape index (κ3) is 4.03. The quantitative estimate of drug-likeness (QED) is 0.502. The Bertz CT molecular complexity index is 412. The smallest absolute Gasteiger partial charge is 0.224 e. The molecule has 94 valence electrons. The number of hydrogen-bond acceptors (Lipinski definition) is 1. The van der Waals surface area contributed by atoms with Crippen LogP contribution in [0.1, 0.15) is 19.3 Å². The van der Waals surface area contributed by atoms with Gasteiger partial charge in [0.25, 0.3) is 0 Å². The molecule has 0 unspecified atom stereocenters. The summed E-state index contributed by atoms with van der Waals surface area (Å²) in [5.74, 6) is -4.65. The van der Waals surface area contributed by atoms with Crippen LogP contribution in [-0.4, -0.2) is 11.2 Å². The van der Waals surface area contributed by atoms with Crippen LogP contribution in [0.25, 0.3) is 0 Å². The van der Waals surface area contributed by atoms with Gasteiger partial charge < -0.3 is 5.32 Å². The van der Waals surface area contributed by atoms with E-state index in [4.69, 9.17) is 0 Å². The molecule has 2 nitrogen and oxygen atoms in total. The lowest BCUT2D eigenvalue weighted by Crippen LogP contribution is -2.13. The van der Waals surface area contributed by atoms with Crippen LogP contribution in [-0.2, 0) is 4.79 Å². The number of amides is 1. The Morgan fingerprint density at radius 2 is 1.88 bits per heavy atom. The van der Waals surface area contributed by atoms with Crippen LogP contribution in [0, 0.1) is 17.5 Å². The molecule has 0 spiro atoms. The van der Waals surface area contributed by atoms with Gasteiger partial charge in [-0.1, -0.05) is 15.9 Å². The van der Waals surface area contributed by atoms with Crippen molar-refractivity contribution in [3.63, 3.8) is 0 Å². The molecule has 1 amide bonds. The van der Waals surface area contributed by atoms with Crippen molar-refractivity contribution in [2.45, 2.75) is 19.3 Å². The number of alkyl halides is 1. The first-order chi connectivity index (χ1) is 8.06. The van der Waals surface area contributed by atoms with Crippen LogP contribution >= 0.6 is 15.9 Å². The van der Waals surface area contributed by atoms with Crippen molar-refractivity contribution in [3.05, 3.63) is 29.6 Å². The number of rotatable bonds is 5. The Hall–Kier alpha value is -1.04. The van der Waals surface area contributed by atoms with Gasteiger partial charge >= 0.3 is 0 Å². The molecule has 0 aliphatic carbocycles. The highest BCUT2D eigenvalue weighted by Crippen LogP contribution is 2.19. The molecule has 17 heavy (non-hydrogen) atoms. The van der Waals surface area contributed by atoms with E-state index in [-0.39, 0.29) is 12.1 Å². The first-order valence-corrected chi connectivity index (χ1v) is 6.17. The zero-order valence-corrected chi connectivity index (χ0v) is 10.5. The first kappa shape index (κ1) is 14.0. The molecule has 0 fully saturated rings. The van der Waals surface area contributed by atoms with Crippen LogP contribution in [0.15, 0.2) is 12.1 Å². The average molecular weight is 310 g/mol. The van der Waals surface area contributed by atoms with Gasteiger partial charge in [-0.25, -0.2) is 13.2 Å². The number of benzene rings is 1. The van der Waals surface area contributed by atoms with Crippen molar-refractivity contribution in [1.82, 2.24) is 0 Å². The predicted molar refractivity (Wildman–Crippen MR) is 62.6 cm³/mol. The fourth-order valence-electron chi connectivity index (χ4n) is 1.22. The highest BCUT2D eigenvalue weighted by molar-refractivity contribution is 9.09. The van der Waals surface area contributed by atoms with E-state index in [1.807, 2.05) is 0 Å². The van der Waals surface area contributed by atoms with Gasteiger partial charge in [0, 0.05) is 11.8 Å². The van der Waals surface area contributed by atoms with Crippen LogP contribution in [0.3, 0.4) is 0 Å². The molecule has 1 aromatic carbocycles. The molecule has 1 N–H and O–H groups in total. The zero-order chi connectivity index (χ0) is 12.8. The van der Waals surface area contributed by atoms with Gasteiger partial charge in [0.1, 0.15) is 0 Å². The van der Waals surface area contributed by atoms with E-state index in [1.165, 1.54) is 0 Å². The second-order valence-electron chi connectivity index (χ2n) is 3.42. The molecular formula is C11H11BrF3NO. The molecule has 1 aromatic rings. The third-order valence-electron chi connectivity index (χ3n) is 2.10. The fraction of sp³-hybridized carbons (Fsp3) is 0.364. The molecular weight excluding hydrogens is 299 g/mol. The maximum absolute atomic E-state index is 13.2. The number of unbranched alkanes of at least 4 members (excludes halogenated alkanes) is 1. The molecule has 0 radical (unpaired) electrons. The van der Waals surface area contributed by atoms with Gasteiger partial charge in [-0.2, -0.15) is 0 Å². The number of carbonyl (C=O) groups is 1. The average Bonchev–Trinajstić information content (AvgIpc) is 2.30. The summed E-state index contributed by atoms with van der Waals surface area (Å²) in [6, 6.07) is 1.77. The molecule has 0 heterocycles. The maximum Gasteiger partial charge on any atom is 0.224 e. The third-order valence-corrected chi connectivity index (χ3v) is 2.66. The maximum atomic E-state index is 13.2. The summed E-state index contributed by atoms with van der Waals surface area (Å²) in [6.45, 7) is 0. The minimum Gasteiger partial charge on any atom is -0.324 e. The van der Waals surface area contributed by atoms with Crippen LogP contribution < -0.4 is 5.32 Å². The Morgan fingerprint density at radius 3 is 2.53 bits per heavy atom. The summed E-state index contributed by atoms with van der Waals surface area (Å²) in [6.07, 6.45) is 1.67. The molecule has 0 bridgehead atoms. The lowest BCUT2D eigenvalue weighted by molar-refractivity contribution is -0.116. The molecule has 0 atom stereocenters. The minimum absolute atomic E-state index is 0.212. The van der Waals surface area contributed by atoms with E-state index in [9.17, 15) is 18.0 Å². The molecule has 0 saturated heterocycles. The molecule has 0 aliphatic heterocycles. The van der Waals surface area contributed by atoms with Crippen molar-refractivity contribution < 1.29 is 18.0 Å². The van der Waals surface area contributed by atoms with Gasteiger partial charge in [0.2, 0.25) is 5.91 Å². The zero-order valence-electron chi connectivity index (χ0n) is 8.90. The van der Waals surface area contributed by atoms with Crippen molar-refractivity contribution in [3.8, 4) is 0 Å². The van der Waals surface area contributed by atoms with Gasteiger partial charge in [-0.05, 0) is 25.0 Å². The van der Waals surface area contributed by atoms with E-state index >= 15 is 0 Å². The number of hydrogen-bond donors (Lipinski definition) is 1. The monoisotopic (exact) mass is 309 g/mol. The van der Waals surface area contributed by atoms with E-state index in [1.54, 1.807) is 0 Å². The standard InChI is InChI=1S/C11H11BrF3NO/c12-6-2-1-3-9(17)16-8-5-4-7(13)10(14)11(8)15/h4-5H,1-3,6H2,(H,16,17). The number of nitrogens with one attached hydrogen (secondary N) is 1. The SMILES string of the molecule is O=C(CCCCBr)Nc1ccc(F)c(F)c1F. The Kier molecular flexibility index (Phi) is 5.47. The summed E-state index contributed by atoms with van der Waals surface area (Å²) in [5, 5.41) is 2.98. The van der Waals surface area contributed by atoms with Gasteiger partial charge in [0.05, 0.1) is 5.69 Å². The number of halogens is 4. The summed E-state index contributed by atoms with van der Waals surface area (Å²) in [5.41, 5.74) is -0.340. The predicted octanol–water partition coefficient (Wildman–Crippen LogP) is 3.61. The summed E-state index contributed by atoms with van der Waals surface area (Å²) in [4.78, 5) is 11.3. The largest absolute Gasteiger partial charge is 0.324 e.